The molecule has 17 heavy (non-hydrogen) atoms. The predicted octanol–water partition coefficient (Wildman–Crippen LogP) is 3.26. The lowest BCUT2D eigenvalue weighted by Gasteiger charge is -2.52. The van der Waals surface area contributed by atoms with Crippen molar-refractivity contribution in [2.45, 2.75) is 76.4 Å². The maximum absolute atomic E-state index is 6.74. The molecular weight excluding hydrogens is 210 g/mol. The molecule has 1 atom stereocenters. The molecule has 1 aliphatic heterocycles. The number of morpholine rings is 1. The summed E-state index contributed by atoms with van der Waals surface area (Å²) in [4.78, 5) is 0. The third-order valence-corrected chi connectivity index (χ3v) is 5.13. The second-order valence-corrected chi connectivity index (χ2v) is 7.47. The first-order valence-electron chi connectivity index (χ1n) is 7.44. The highest BCUT2D eigenvalue weighted by atomic mass is 16.5. The molecule has 2 saturated carbocycles. The molecule has 2 aliphatic carbocycles. The monoisotopic (exact) mass is 237 g/mol. The van der Waals surface area contributed by atoms with Crippen LogP contribution in [0.3, 0.4) is 0 Å². The molecular formula is C15H27NO. The van der Waals surface area contributed by atoms with Crippen molar-refractivity contribution < 1.29 is 4.74 Å². The second-order valence-electron chi connectivity index (χ2n) is 7.47. The van der Waals surface area contributed by atoms with Crippen LogP contribution in [0.5, 0.6) is 0 Å². The Morgan fingerprint density at radius 1 is 0.824 bits per heavy atom. The van der Waals surface area contributed by atoms with E-state index in [2.05, 4.69) is 19.2 Å². The normalized spacial score (nSPS) is 39.9. The Morgan fingerprint density at radius 3 is 2.18 bits per heavy atom. The van der Waals surface area contributed by atoms with E-state index >= 15 is 0 Å². The van der Waals surface area contributed by atoms with Gasteiger partial charge in [-0.25, -0.2) is 0 Å². The Labute approximate surface area is 105 Å². The number of ether oxygens (including phenoxy) is 1. The second kappa shape index (κ2) is 3.96. The van der Waals surface area contributed by atoms with E-state index in [1.165, 1.54) is 51.4 Å². The fourth-order valence-electron chi connectivity index (χ4n) is 4.52. The molecule has 2 heteroatoms. The molecule has 1 saturated heterocycles. The molecule has 1 unspecified atom stereocenters. The first-order valence-corrected chi connectivity index (χ1v) is 7.44. The molecule has 2 spiro atoms. The topological polar surface area (TPSA) is 21.3 Å². The summed E-state index contributed by atoms with van der Waals surface area (Å²) in [5.74, 6) is 0. The molecule has 3 aliphatic rings. The third kappa shape index (κ3) is 2.26. The molecule has 0 aromatic rings. The summed E-state index contributed by atoms with van der Waals surface area (Å²) in [6.45, 7) is 6.99. The van der Waals surface area contributed by atoms with E-state index in [-0.39, 0.29) is 11.2 Å². The average molecular weight is 237 g/mol. The Balaban J connectivity index is 1.77. The van der Waals surface area contributed by atoms with Gasteiger partial charge in [-0.15, -0.1) is 0 Å². The van der Waals surface area contributed by atoms with Crippen molar-refractivity contribution in [1.29, 1.82) is 0 Å². The van der Waals surface area contributed by atoms with Crippen LogP contribution >= 0.6 is 0 Å². The van der Waals surface area contributed by atoms with Gasteiger partial charge in [0.1, 0.15) is 0 Å². The fourth-order valence-corrected chi connectivity index (χ4v) is 4.52. The molecule has 98 valence electrons. The number of hydrogen-bond donors (Lipinski definition) is 1. The van der Waals surface area contributed by atoms with E-state index in [0.717, 1.165) is 13.1 Å². The molecule has 1 N–H and O–H groups in total. The number of rotatable bonds is 0. The van der Waals surface area contributed by atoms with Crippen molar-refractivity contribution in [3.63, 3.8) is 0 Å². The lowest BCUT2D eigenvalue weighted by atomic mass is 9.68. The number of hydrogen-bond acceptors (Lipinski definition) is 2. The molecule has 3 rings (SSSR count). The van der Waals surface area contributed by atoms with Crippen LogP contribution < -0.4 is 5.32 Å². The average Bonchev–Trinajstić information content (AvgIpc) is 2.64. The Kier molecular flexibility index (Phi) is 2.79. The van der Waals surface area contributed by atoms with E-state index < -0.39 is 0 Å². The van der Waals surface area contributed by atoms with Gasteiger partial charge in [0.05, 0.1) is 11.2 Å². The van der Waals surface area contributed by atoms with Gasteiger partial charge in [-0.1, -0.05) is 26.7 Å². The summed E-state index contributed by atoms with van der Waals surface area (Å²) in [6.07, 6.45) is 10.5. The highest BCUT2D eigenvalue weighted by Crippen LogP contribution is 2.48. The van der Waals surface area contributed by atoms with Crippen LogP contribution in [0.2, 0.25) is 0 Å². The van der Waals surface area contributed by atoms with Crippen molar-refractivity contribution >= 4 is 0 Å². The third-order valence-electron chi connectivity index (χ3n) is 5.13. The molecule has 2 nitrogen and oxygen atoms in total. The van der Waals surface area contributed by atoms with Gasteiger partial charge in [0.15, 0.2) is 0 Å². The Bertz CT molecular complexity index is 289. The van der Waals surface area contributed by atoms with Crippen molar-refractivity contribution in [3.05, 3.63) is 0 Å². The van der Waals surface area contributed by atoms with Gasteiger partial charge >= 0.3 is 0 Å². The molecule has 3 fully saturated rings. The molecule has 0 aromatic carbocycles. The maximum atomic E-state index is 6.74. The summed E-state index contributed by atoms with van der Waals surface area (Å²) in [5, 5.41) is 3.69. The van der Waals surface area contributed by atoms with Crippen molar-refractivity contribution in [1.82, 2.24) is 5.32 Å². The van der Waals surface area contributed by atoms with Gasteiger partial charge < -0.3 is 10.1 Å². The quantitative estimate of drug-likeness (QED) is 0.698. The van der Waals surface area contributed by atoms with Gasteiger partial charge in [-0.05, 0) is 43.9 Å². The SMILES string of the molecule is CC1(C)CCCC2(CNCC3(CCCC3)O2)C1. The van der Waals surface area contributed by atoms with Crippen LogP contribution in [-0.4, -0.2) is 24.3 Å². The lowest BCUT2D eigenvalue weighted by Crippen LogP contribution is -2.61. The van der Waals surface area contributed by atoms with Gasteiger partial charge in [-0.2, -0.15) is 0 Å². The zero-order chi connectivity index (χ0) is 12.0. The first-order chi connectivity index (χ1) is 8.04. The lowest BCUT2D eigenvalue weighted by molar-refractivity contribution is -0.201. The highest BCUT2D eigenvalue weighted by Gasteiger charge is 2.50. The minimum atomic E-state index is 0.157. The summed E-state index contributed by atoms with van der Waals surface area (Å²) < 4.78 is 6.74. The van der Waals surface area contributed by atoms with Gasteiger partial charge in [0.25, 0.3) is 0 Å². The van der Waals surface area contributed by atoms with Gasteiger partial charge in [0.2, 0.25) is 0 Å². The summed E-state index contributed by atoms with van der Waals surface area (Å²) >= 11 is 0. The standard InChI is InChI=1S/C15H27NO/c1-13(2)6-5-9-15(10-13)12-16-11-14(17-15)7-3-4-8-14/h16H,3-12H2,1-2H3. The van der Waals surface area contributed by atoms with E-state index in [0.29, 0.717) is 5.41 Å². The van der Waals surface area contributed by atoms with E-state index in [9.17, 15) is 0 Å². The van der Waals surface area contributed by atoms with Crippen LogP contribution in [-0.2, 0) is 4.74 Å². The van der Waals surface area contributed by atoms with Crippen LogP contribution in [0.4, 0.5) is 0 Å². The van der Waals surface area contributed by atoms with Crippen molar-refractivity contribution in [2.24, 2.45) is 5.41 Å². The minimum absolute atomic E-state index is 0.157. The molecule has 0 amide bonds. The summed E-state index contributed by atoms with van der Waals surface area (Å²) in [6, 6.07) is 0. The first kappa shape index (κ1) is 12.0. The summed E-state index contributed by atoms with van der Waals surface area (Å²) in [5.41, 5.74) is 0.826. The van der Waals surface area contributed by atoms with Crippen LogP contribution in [0.25, 0.3) is 0 Å². The van der Waals surface area contributed by atoms with E-state index in [1.807, 2.05) is 0 Å². The summed E-state index contributed by atoms with van der Waals surface area (Å²) in [7, 11) is 0. The smallest absolute Gasteiger partial charge is 0.0819 e. The maximum Gasteiger partial charge on any atom is 0.0819 e. The minimum Gasteiger partial charge on any atom is -0.366 e. The fraction of sp³-hybridized carbons (Fsp3) is 1.00. The van der Waals surface area contributed by atoms with Gasteiger partial charge in [-0.3, -0.25) is 0 Å². The Morgan fingerprint density at radius 2 is 1.47 bits per heavy atom. The van der Waals surface area contributed by atoms with E-state index in [1.54, 1.807) is 0 Å². The predicted molar refractivity (Wildman–Crippen MR) is 70.1 cm³/mol. The zero-order valence-corrected chi connectivity index (χ0v) is 11.5. The van der Waals surface area contributed by atoms with Crippen molar-refractivity contribution in [2.75, 3.05) is 13.1 Å². The molecule has 1 heterocycles. The Hall–Kier alpha value is -0.0800. The highest BCUT2D eigenvalue weighted by molar-refractivity contribution is 5.02. The van der Waals surface area contributed by atoms with Crippen LogP contribution in [0.15, 0.2) is 0 Å². The van der Waals surface area contributed by atoms with Gasteiger partial charge in [0, 0.05) is 13.1 Å². The van der Waals surface area contributed by atoms with E-state index in [4.69, 9.17) is 4.74 Å². The zero-order valence-electron chi connectivity index (χ0n) is 11.5. The largest absolute Gasteiger partial charge is 0.366 e. The van der Waals surface area contributed by atoms with Crippen LogP contribution in [0, 0.1) is 5.41 Å². The molecule has 0 bridgehead atoms. The number of nitrogens with one attached hydrogen (secondary N) is 1. The van der Waals surface area contributed by atoms with Crippen LogP contribution in [0.1, 0.15) is 65.2 Å². The van der Waals surface area contributed by atoms with Crippen molar-refractivity contribution in [3.8, 4) is 0 Å². The molecule has 0 aromatic heterocycles. The molecule has 0 radical (unpaired) electrons.